The number of para-hydroxylation sites is 2. The van der Waals surface area contributed by atoms with Crippen LogP contribution in [0.3, 0.4) is 0 Å². The first-order valence-corrected chi connectivity index (χ1v) is 6.53. The number of aliphatic hydroxyl groups is 1. The number of hydrogen-bond donors (Lipinski definition) is 2. The first-order valence-electron chi connectivity index (χ1n) is 6.53. The van der Waals surface area contributed by atoms with Gasteiger partial charge in [-0.25, -0.2) is 0 Å². The summed E-state index contributed by atoms with van der Waals surface area (Å²) in [6, 6.07) is 16.1. The summed E-state index contributed by atoms with van der Waals surface area (Å²) < 4.78 is 5.91. The van der Waals surface area contributed by atoms with E-state index >= 15 is 0 Å². The minimum absolute atomic E-state index is 0.0655. The molecule has 3 nitrogen and oxygen atoms in total. The highest BCUT2D eigenvalue weighted by Gasteiger charge is 2.26. The van der Waals surface area contributed by atoms with Crippen molar-refractivity contribution in [3.05, 3.63) is 59.7 Å². The number of hydrogen-bond acceptors (Lipinski definition) is 3. The monoisotopic (exact) mass is 255 g/mol. The quantitative estimate of drug-likeness (QED) is 0.886. The fraction of sp³-hybridized carbons (Fsp3) is 0.250. The third-order valence-electron chi connectivity index (χ3n) is 3.30. The molecule has 3 rings (SSSR count). The van der Waals surface area contributed by atoms with Crippen LogP contribution in [-0.2, 0) is 0 Å². The molecule has 0 aromatic heterocycles. The average molecular weight is 255 g/mol. The van der Waals surface area contributed by atoms with Crippen LogP contribution in [0.5, 0.6) is 11.5 Å². The standard InChI is InChI=1S/C16H17NO2/c1-11(18)10-17-16-12-6-2-4-8-14(12)19-15-9-5-3-7-13(15)16/h2-9,11,16-18H,10H2,1H3. The molecule has 1 unspecified atom stereocenters. The second kappa shape index (κ2) is 5.03. The van der Waals surface area contributed by atoms with Gasteiger partial charge in [0.25, 0.3) is 0 Å². The molecule has 0 amide bonds. The Morgan fingerprint density at radius 2 is 1.58 bits per heavy atom. The van der Waals surface area contributed by atoms with E-state index in [4.69, 9.17) is 4.74 Å². The summed E-state index contributed by atoms with van der Waals surface area (Å²) in [6.07, 6.45) is -0.373. The van der Waals surface area contributed by atoms with Gasteiger partial charge in [-0.05, 0) is 19.1 Å². The molecular formula is C16H17NO2. The fourth-order valence-corrected chi connectivity index (χ4v) is 2.42. The predicted octanol–water partition coefficient (Wildman–Crippen LogP) is 2.85. The first-order chi connectivity index (χ1) is 9.25. The smallest absolute Gasteiger partial charge is 0.132 e. The van der Waals surface area contributed by atoms with Crippen LogP contribution >= 0.6 is 0 Å². The Balaban J connectivity index is 2.01. The number of ether oxygens (including phenoxy) is 1. The Morgan fingerprint density at radius 3 is 2.11 bits per heavy atom. The molecule has 0 fully saturated rings. The van der Waals surface area contributed by atoms with Crippen molar-refractivity contribution in [3.63, 3.8) is 0 Å². The minimum Gasteiger partial charge on any atom is -0.457 e. The van der Waals surface area contributed by atoms with Crippen molar-refractivity contribution in [1.82, 2.24) is 5.32 Å². The van der Waals surface area contributed by atoms with E-state index in [2.05, 4.69) is 17.4 Å². The third kappa shape index (κ3) is 2.35. The van der Waals surface area contributed by atoms with Crippen molar-refractivity contribution >= 4 is 0 Å². The van der Waals surface area contributed by atoms with Crippen molar-refractivity contribution in [2.75, 3.05) is 6.54 Å². The van der Waals surface area contributed by atoms with Crippen LogP contribution in [-0.4, -0.2) is 17.8 Å². The zero-order chi connectivity index (χ0) is 13.2. The van der Waals surface area contributed by atoms with Crippen molar-refractivity contribution in [3.8, 4) is 11.5 Å². The van der Waals surface area contributed by atoms with Crippen molar-refractivity contribution in [1.29, 1.82) is 0 Å². The van der Waals surface area contributed by atoms with Gasteiger partial charge in [0, 0.05) is 17.7 Å². The van der Waals surface area contributed by atoms with Gasteiger partial charge in [0.05, 0.1) is 12.1 Å². The van der Waals surface area contributed by atoms with Gasteiger partial charge >= 0.3 is 0 Å². The summed E-state index contributed by atoms with van der Waals surface area (Å²) >= 11 is 0. The molecule has 1 aliphatic rings. The van der Waals surface area contributed by atoms with Crippen molar-refractivity contribution < 1.29 is 9.84 Å². The predicted molar refractivity (Wildman–Crippen MR) is 74.5 cm³/mol. The highest BCUT2D eigenvalue weighted by Crippen LogP contribution is 2.42. The number of benzene rings is 2. The summed E-state index contributed by atoms with van der Waals surface area (Å²) in [7, 11) is 0. The van der Waals surface area contributed by atoms with E-state index in [1.807, 2.05) is 36.4 Å². The Bertz CT molecular complexity index is 535. The van der Waals surface area contributed by atoms with E-state index in [1.165, 1.54) is 0 Å². The molecule has 2 aromatic rings. The maximum atomic E-state index is 9.49. The van der Waals surface area contributed by atoms with Gasteiger partial charge in [-0.2, -0.15) is 0 Å². The Labute approximate surface area is 112 Å². The average Bonchev–Trinajstić information content (AvgIpc) is 2.43. The van der Waals surface area contributed by atoms with Crippen LogP contribution in [0, 0.1) is 0 Å². The fourth-order valence-electron chi connectivity index (χ4n) is 2.42. The molecule has 1 atom stereocenters. The molecule has 0 radical (unpaired) electrons. The van der Waals surface area contributed by atoms with E-state index in [0.29, 0.717) is 6.54 Å². The highest BCUT2D eigenvalue weighted by molar-refractivity contribution is 5.52. The summed E-state index contributed by atoms with van der Waals surface area (Å²) in [5.41, 5.74) is 2.23. The van der Waals surface area contributed by atoms with Crippen LogP contribution in [0.2, 0.25) is 0 Å². The van der Waals surface area contributed by atoms with Crippen LogP contribution in [0.15, 0.2) is 48.5 Å². The van der Waals surface area contributed by atoms with Crippen LogP contribution in [0.1, 0.15) is 24.1 Å². The van der Waals surface area contributed by atoms with Crippen LogP contribution in [0.4, 0.5) is 0 Å². The van der Waals surface area contributed by atoms with E-state index in [-0.39, 0.29) is 12.1 Å². The highest BCUT2D eigenvalue weighted by atomic mass is 16.5. The molecule has 2 aromatic carbocycles. The van der Waals surface area contributed by atoms with Gasteiger partial charge in [0.15, 0.2) is 0 Å². The first kappa shape index (κ1) is 12.2. The molecule has 1 aliphatic heterocycles. The molecule has 0 spiro atoms. The van der Waals surface area contributed by atoms with Gasteiger partial charge in [0.2, 0.25) is 0 Å². The lowest BCUT2D eigenvalue weighted by atomic mass is 9.94. The van der Waals surface area contributed by atoms with Crippen molar-refractivity contribution in [2.24, 2.45) is 0 Å². The van der Waals surface area contributed by atoms with Gasteiger partial charge in [-0.1, -0.05) is 36.4 Å². The summed E-state index contributed by atoms with van der Waals surface area (Å²) in [5.74, 6) is 1.76. The maximum absolute atomic E-state index is 9.49. The van der Waals surface area contributed by atoms with Crippen LogP contribution < -0.4 is 10.1 Å². The largest absolute Gasteiger partial charge is 0.457 e. The third-order valence-corrected chi connectivity index (χ3v) is 3.30. The van der Waals surface area contributed by atoms with Gasteiger partial charge in [-0.15, -0.1) is 0 Å². The zero-order valence-corrected chi connectivity index (χ0v) is 10.8. The van der Waals surface area contributed by atoms with E-state index in [1.54, 1.807) is 6.92 Å². The van der Waals surface area contributed by atoms with Gasteiger partial charge in [0.1, 0.15) is 11.5 Å². The summed E-state index contributed by atoms with van der Waals surface area (Å²) in [6.45, 7) is 2.33. The maximum Gasteiger partial charge on any atom is 0.132 e. The van der Waals surface area contributed by atoms with E-state index in [9.17, 15) is 5.11 Å². The van der Waals surface area contributed by atoms with Crippen molar-refractivity contribution in [2.45, 2.75) is 19.1 Å². The Morgan fingerprint density at radius 1 is 1.05 bits per heavy atom. The molecular weight excluding hydrogens is 238 g/mol. The second-order valence-electron chi connectivity index (χ2n) is 4.87. The lowest BCUT2D eigenvalue weighted by Crippen LogP contribution is -2.31. The number of nitrogens with one attached hydrogen (secondary N) is 1. The molecule has 0 saturated heterocycles. The Kier molecular flexibility index (Phi) is 3.23. The van der Waals surface area contributed by atoms with Gasteiger partial charge < -0.3 is 15.2 Å². The summed E-state index contributed by atoms with van der Waals surface area (Å²) in [4.78, 5) is 0. The Hall–Kier alpha value is -1.84. The molecule has 98 valence electrons. The molecule has 3 heteroatoms. The molecule has 2 N–H and O–H groups in total. The molecule has 1 heterocycles. The van der Waals surface area contributed by atoms with Crippen LogP contribution in [0.25, 0.3) is 0 Å². The SMILES string of the molecule is CC(O)CNC1c2ccccc2Oc2ccccc21. The number of aliphatic hydroxyl groups excluding tert-OH is 1. The lowest BCUT2D eigenvalue weighted by molar-refractivity contribution is 0.187. The normalized spacial score (nSPS) is 15.3. The number of fused-ring (bicyclic) bond motifs is 2. The topological polar surface area (TPSA) is 41.5 Å². The van der Waals surface area contributed by atoms with E-state index in [0.717, 1.165) is 22.6 Å². The van der Waals surface area contributed by atoms with E-state index < -0.39 is 0 Å². The molecule has 0 aliphatic carbocycles. The lowest BCUT2D eigenvalue weighted by Gasteiger charge is -2.29. The molecule has 0 bridgehead atoms. The summed E-state index contributed by atoms with van der Waals surface area (Å²) in [5, 5.41) is 12.9. The molecule has 0 saturated carbocycles. The number of rotatable bonds is 3. The minimum atomic E-state index is -0.373. The zero-order valence-electron chi connectivity index (χ0n) is 10.8. The molecule has 19 heavy (non-hydrogen) atoms. The van der Waals surface area contributed by atoms with Gasteiger partial charge in [-0.3, -0.25) is 0 Å². The second-order valence-corrected chi connectivity index (χ2v) is 4.87.